The van der Waals surface area contributed by atoms with Crippen LogP contribution in [-0.2, 0) is 6.18 Å². The Labute approximate surface area is 202 Å². The predicted octanol–water partition coefficient (Wildman–Crippen LogP) is 5.91. The highest BCUT2D eigenvalue weighted by Crippen LogP contribution is 2.41. The number of methoxy groups -OCH3 is 1. The standard InChI is InChI=1S/C22H16ClF3N4O3S/c1-28-34-20-8-13(5-6-29-20)30-21(31)14-9-16(23)15(22(24,25)26)10-18(14)33-17-4-3-12(11-27)7-19(17)32-2/h3-10,28H,1-2H3,(H,29,30,31). The number of carbonyl (C=O) groups is 1. The van der Waals surface area contributed by atoms with Crippen LogP contribution >= 0.6 is 23.5 Å². The maximum absolute atomic E-state index is 13.5. The molecule has 0 unspecified atom stereocenters. The molecular formula is C22H16ClF3N4O3S. The Morgan fingerprint density at radius 2 is 1.91 bits per heavy atom. The van der Waals surface area contributed by atoms with E-state index in [1.54, 1.807) is 13.1 Å². The van der Waals surface area contributed by atoms with Crippen LogP contribution in [-0.4, -0.2) is 25.0 Å². The Morgan fingerprint density at radius 3 is 2.56 bits per heavy atom. The second-order valence-electron chi connectivity index (χ2n) is 6.55. The van der Waals surface area contributed by atoms with Crippen molar-refractivity contribution in [3.05, 3.63) is 70.4 Å². The molecular weight excluding hydrogens is 493 g/mol. The van der Waals surface area contributed by atoms with Gasteiger partial charge in [-0.25, -0.2) is 4.98 Å². The molecule has 0 saturated heterocycles. The summed E-state index contributed by atoms with van der Waals surface area (Å²) >= 11 is 7.07. The number of ether oxygens (including phenoxy) is 2. The van der Waals surface area contributed by atoms with E-state index in [0.29, 0.717) is 16.8 Å². The van der Waals surface area contributed by atoms with Gasteiger partial charge >= 0.3 is 6.18 Å². The molecule has 3 rings (SSSR count). The number of halogens is 4. The number of nitrogens with one attached hydrogen (secondary N) is 2. The fourth-order valence-corrected chi connectivity index (χ4v) is 3.60. The van der Waals surface area contributed by atoms with Crippen LogP contribution in [0.15, 0.2) is 53.7 Å². The lowest BCUT2D eigenvalue weighted by Gasteiger charge is -2.17. The summed E-state index contributed by atoms with van der Waals surface area (Å²) in [7, 11) is 3.01. The summed E-state index contributed by atoms with van der Waals surface area (Å²) in [6.45, 7) is 0. The second-order valence-corrected chi connectivity index (χ2v) is 7.99. The highest BCUT2D eigenvalue weighted by atomic mass is 35.5. The van der Waals surface area contributed by atoms with E-state index >= 15 is 0 Å². The first kappa shape index (κ1) is 25.2. The van der Waals surface area contributed by atoms with Crippen molar-refractivity contribution in [1.82, 2.24) is 9.71 Å². The third kappa shape index (κ3) is 5.91. The van der Waals surface area contributed by atoms with Crippen LogP contribution in [0.5, 0.6) is 17.2 Å². The minimum atomic E-state index is -4.79. The Balaban J connectivity index is 2.05. The number of aromatic nitrogens is 1. The molecule has 1 heterocycles. The molecule has 0 saturated carbocycles. The van der Waals surface area contributed by atoms with Gasteiger partial charge in [-0.05, 0) is 55.4 Å². The third-order valence-corrected chi connectivity index (χ3v) is 5.28. The summed E-state index contributed by atoms with van der Waals surface area (Å²) in [6, 6.07) is 10.7. The zero-order chi connectivity index (χ0) is 24.9. The zero-order valence-electron chi connectivity index (χ0n) is 17.7. The van der Waals surface area contributed by atoms with Crippen LogP contribution in [0.4, 0.5) is 18.9 Å². The van der Waals surface area contributed by atoms with Crippen LogP contribution in [0.1, 0.15) is 21.5 Å². The summed E-state index contributed by atoms with van der Waals surface area (Å²) in [5.74, 6) is -1.07. The maximum atomic E-state index is 13.5. The Kier molecular flexibility index (Phi) is 7.88. The first-order valence-electron chi connectivity index (χ1n) is 9.44. The van der Waals surface area contributed by atoms with Crippen molar-refractivity contribution in [2.24, 2.45) is 0 Å². The minimum Gasteiger partial charge on any atom is -0.493 e. The lowest BCUT2D eigenvalue weighted by molar-refractivity contribution is -0.137. The molecule has 176 valence electrons. The van der Waals surface area contributed by atoms with Gasteiger partial charge in [-0.15, -0.1) is 0 Å². The van der Waals surface area contributed by atoms with E-state index in [1.165, 1.54) is 49.5 Å². The zero-order valence-corrected chi connectivity index (χ0v) is 19.2. The van der Waals surface area contributed by atoms with Gasteiger partial charge in [0.05, 0.1) is 34.9 Å². The minimum absolute atomic E-state index is 0.00242. The molecule has 0 atom stereocenters. The maximum Gasteiger partial charge on any atom is 0.417 e. The number of pyridine rings is 1. The molecule has 12 heteroatoms. The van der Waals surface area contributed by atoms with Crippen LogP contribution in [0.25, 0.3) is 0 Å². The number of benzene rings is 2. The Hall–Kier alpha value is -3.46. The van der Waals surface area contributed by atoms with Crippen LogP contribution in [0.2, 0.25) is 5.02 Å². The lowest BCUT2D eigenvalue weighted by atomic mass is 10.1. The number of hydrogen-bond donors (Lipinski definition) is 2. The number of carbonyl (C=O) groups excluding carboxylic acids is 1. The third-order valence-electron chi connectivity index (χ3n) is 4.33. The molecule has 34 heavy (non-hydrogen) atoms. The van der Waals surface area contributed by atoms with Crippen molar-refractivity contribution in [2.75, 3.05) is 19.5 Å². The molecule has 0 aliphatic rings. The fraction of sp³-hybridized carbons (Fsp3) is 0.136. The quantitative estimate of drug-likeness (QED) is 0.383. The van der Waals surface area contributed by atoms with Gasteiger partial charge in [0, 0.05) is 18.0 Å². The summed E-state index contributed by atoms with van der Waals surface area (Å²) in [6.07, 6.45) is -3.32. The molecule has 3 aromatic rings. The normalized spacial score (nSPS) is 11.0. The van der Waals surface area contributed by atoms with Gasteiger partial charge in [0.15, 0.2) is 11.5 Å². The summed E-state index contributed by atoms with van der Waals surface area (Å²) in [4.78, 5) is 17.1. The number of rotatable bonds is 7. The van der Waals surface area contributed by atoms with Gasteiger partial charge in [-0.2, -0.15) is 18.4 Å². The van der Waals surface area contributed by atoms with E-state index in [0.717, 1.165) is 6.07 Å². The van der Waals surface area contributed by atoms with Gasteiger partial charge in [-0.3, -0.25) is 9.52 Å². The van der Waals surface area contributed by atoms with Crippen molar-refractivity contribution in [2.45, 2.75) is 11.2 Å². The van der Waals surface area contributed by atoms with E-state index in [2.05, 4.69) is 15.0 Å². The number of anilines is 1. The van der Waals surface area contributed by atoms with Crippen molar-refractivity contribution in [1.29, 1.82) is 5.26 Å². The van der Waals surface area contributed by atoms with E-state index in [4.69, 9.17) is 26.3 Å². The summed E-state index contributed by atoms with van der Waals surface area (Å²) in [5.41, 5.74) is -0.813. The SMILES string of the molecule is CNSc1cc(NC(=O)c2cc(Cl)c(C(F)(F)F)cc2Oc2ccc(C#N)cc2OC)ccn1. The van der Waals surface area contributed by atoms with E-state index in [-0.39, 0.29) is 22.6 Å². The molecule has 0 aliphatic heterocycles. The van der Waals surface area contributed by atoms with Crippen molar-refractivity contribution in [3.63, 3.8) is 0 Å². The Bertz CT molecular complexity index is 1270. The largest absolute Gasteiger partial charge is 0.493 e. The summed E-state index contributed by atoms with van der Waals surface area (Å²) in [5, 5.41) is 11.5. The number of nitrogens with zero attached hydrogens (tertiary/aromatic N) is 2. The van der Waals surface area contributed by atoms with E-state index in [1.807, 2.05) is 6.07 Å². The second kappa shape index (κ2) is 10.6. The average Bonchev–Trinajstić information content (AvgIpc) is 2.79. The first-order chi connectivity index (χ1) is 16.2. The molecule has 0 bridgehead atoms. The molecule has 2 N–H and O–H groups in total. The lowest BCUT2D eigenvalue weighted by Crippen LogP contribution is -2.15. The molecule has 0 radical (unpaired) electrons. The fourth-order valence-electron chi connectivity index (χ4n) is 2.82. The molecule has 7 nitrogen and oxygen atoms in total. The van der Waals surface area contributed by atoms with E-state index < -0.39 is 28.4 Å². The first-order valence-corrected chi connectivity index (χ1v) is 10.6. The number of amides is 1. The van der Waals surface area contributed by atoms with Gasteiger partial charge in [0.2, 0.25) is 0 Å². The van der Waals surface area contributed by atoms with Gasteiger partial charge in [0.1, 0.15) is 10.8 Å². The predicted molar refractivity (Wildman–Crippen MR) is 121 cm³/mol. The van der Waals surface area contributed by atoms with Crippen LogP contribution < -0.4 is 19.5 Å². The highest BCUT2D eigenvalue weighted by Gasteiger charge is 2.35. The highest BCUT2D eigenvalue weighted by molar-refractivity contribution is 7.97. The molecule has 0 aliphatic carbocycles. The Morgan fingerprint density at radius 1 is 1.15 bits per heavy atom. The molecule has 1 amide bonds. The van der Waals surface area contributed by atoms with Crippen molar-refractivity contribution in [3.8, 4) is 23.3 Å². The summed E-state index contributed by atoms with van der Waals surface area (Å²) < 4.78 is 54.2. The van der Waals surface area contributed by atoms with Crippen molar-refractivity contribution < 1.29 is 27.4 Å². The van der Waals surface area contributed by atoms with Gasteiger partial charge in [-0.1, -0.05) is 11.6 Å². The van der Waals surface area contributed by atoms with Gasteiger partial charge < -0.3 is 14.8 Å². The molecule has 0 spiro atoms. The van der Waals surface area contributed by atoms with Crippen LogP contribution in [0, 0.1) is 11.3 Å². The van der Waals surface area contributed by atoms with Crippen molar-refractivity contribution >= 4 is 35.1 Å². The average molecular weight is 509 g/mol. The topological polar surface area (TPSA) is 96.3 Å². The molecule has 1 aromatic heterocycles. The molecule has 0 fully saturated rings. The monoisotopic (exact) mass is 508 g/mol. The van der Waals surface area contributed by atoms with E-state index in [9.17, 15) is 18.0 Å². The molecule has 2 aromatic carbocycles. The number of alkyl halides is 3. The van der Waals surface area contributed by atoms with Crippen LogP contribution in [0.3, 0.4) is 0 Å². The smallest absolute Gasteiger partial charge is 0.417 e. The number of hydrogen-bond acceptors (Lipinski definition) is 7. The van der Waals surface area contributed by atoms with Gasteiger partial charge in [0.25, 0.3) is 5.91 Å². The number of nitriles is 1.